The van der Waals surface area contributed by atoms with Crippen LogP contribution >= 0.6 is 0 Å². The number of aliphatic imine (C=N–C) groups is 1. The third kappa shape index (κ3) is 4.45. The number of aryl methyl sites for hydroxylation is 1. The fraction of sp³-hybridized carbons (Fsp3) is 0.208. The summed E-state index contributed by atoms with van der Waals surface area (Å²) in [5, 5.41) is 3.43. The Morgan fingerprint density at radius 2 is 1.52 bits per heavy atom. The molecule has 0 radical (unpaired) electrons. The van der Waals surface area contributed by atoms with Crippen molar-refractivity contribution >= 4 is 5.84 Å². The molecule has 0 saturated heterocycles. The van der Waals surface area contributed by atoms with E-state index >= 15 is 0 Å². The van der Waals surface area contributed by atoms with E-state index in [1.54, 1.807) is 19.2 Å². The van der Waals surface area contributed by atoms with Crippen LogP contribution in [0.4, 0.5) is 8.78 Å². The molecule has 0 fully saturated rings. The SMILES string of the molecule is COc1ccc(CCC2=N[C@@H](c3cccc(F)c3)[C@@H](c3cccc(F)c3)N2)cc1. The maximum absolute atomic E-state index is 13.8. The van der Waals surface area contributed by atoms with E-state index in [-0.39, 0.29) is 23.7 Å². The molecule has 0 bridgehead atoms. The second-order valence-electron chi connectivity index (χ2n) is 7.10. The van der Waals surface area contributed by atoms with Crippen molar-refractivity contribution in [1.82, 2.24) is 5.32 Å². The van der Waals surface area contributed by atoms with E-state index in [0.717, 1.165) is 29.1 Å². The van der Waals surface area contributed by atoms with Crippen molar-refractivity contribution < 1.29 is 13.5 Å². The Morgan fingerprint density at radius 1 is 0.862 bits per heavy atom. The largest absolute Gasteiger partial charge is 0.497 e. The maximum Gasteiger partial charge on any atom is 0.123 e. The summed E-state index contributed by atoms with van der Waals surface area (Å²) in [6, 6.07) is 20.3. The molecule has 0 unspecified atom stereocenters. The number of hydrogen-bond donors (Lipinski definition) is 1. The summed E-state index contributed by atoms with van der Waals surface area (Å²) < 4.78 is 32.8. The Morgan fingerprint density at radius 3 is 2.17 bits per heavy atom. The Hall–Kier alpha value is -3.21. The quantitative estimate of drug-likeness (QED) is 0.610. The van der Waals surface area contributed by atoms with Crippen molar-refractivity contribution in [2.75, 3.05) is 7.11 Å². The zero-order valence-electron chi connectivity index (χ0n) is 16.1. The zero-order chi connectivity index (χ0) is 20.2. The fourth-order valence-electron chi connectivity index (χ4n) is 3.65. The van der Waals surface area contributed by atoms with Crippen LogP contribution in [0.3, 0.4) is 0 Å². The number of hydrogen-bond acceptors (Lipinski definition) is 3. The van der Waals surface area contributed by atoms with E-state index in [2.05, 4.69) is 5.32 Å². The molecule has 5 heteroatoms. The summed E-state index contributed by atoms with van der Waals surface area (Å²) in [4.78, 5) is 4.83. The average Bonchev–Trinajstić information content (AvgIpc) is 3.17. The first-order valence-electron chi connectivity index (χ1n) is 9.59. The summed E-state index contributed by atoms with van der Waals surface area (Å²) in [6.45, 7) is 0. The normalized spacial score (nSPS) is 18.2. The lowest BCUT2D eigenvalue weighted by atomic mass is 9.95. The van der Waals surface area contributed by atoms with Crippen LogP contribution in [0.5, 0.6) is 5.75 Å². The van der Waals surface area contributed by atoms with Gasteiger partial charge < -0.3 is 10.1 Å². The van der Waals surface area contributed by atoms with Crippen molar-refractivity contribution in [3.8, 4) is 5.75 Å². The first-order chi connectivity index (χ1) is 14.1. The molecule has 0 aromatic heterocycles. The number of nitrogens with one attached hydrogen (secondary N) is 1. The van der Waals surface area contributed by atoms with Gasteiger partial charge in [0.1, 0.15) is 23.4 Å². The number of ether oxygens (including phenoxy) is 1. The van der Waals surface area contributed by atoms with Crippen molar-refractivity contribution in [3.05, 3.63) is 101 Å². The molecule has 148 valence electrons. The fourth-order valence-corrected chi connectivity index (χ4v) is 3.65. The molecule has 1 N–H and O–H groups in total. The van der Waals surface area contributed by atoms with Gasteiger partial charge in [0.2, 0.25) is 0 Å². The first-order valence-corrected chi connectivity index (χ1v) is 9.59. The average molecular weight is 392 g/mol. The highest BCUT2D eigenvalue weighted by Gasteiger charge is 2.31. The molecular weight excluding hydrogens is 370 g/mol. The highest BCUT2D eigenvalue weighted by atomic mass is 19.1. The van der Waals surface area contributed by atoms with Crippen LogP contribution in [0.15, 0.2) is 77.8 Å². The highest BCUT2D eigenvalue weighted by Crippen LogP contribution is 2.37. The minimum absolute atomic E-state index is 0.238. The Kier molecular flexibility index (Phi) is 5.56. The number of benzene rings is 3. The maximum atomic E-state index is 13.8. The van der Waals surface area contributed by atoms with Gasteiger partial charge in [-0.2, -0.15) is 0 Å². The van der Waals surface area contributed by atoms with Crippen molar-refractivity contribution in [1.29, 1.82) is 0 Å². The summed E-state index contributed by atoms with van der Waals surface area (Å²) in [7, 11) is 1.64. The van der Waals surface area contributed by atoms with E-state index in [9.17, 15) is 8.78 Å². The van der Waals surface area contributed by atoms with Gasteiger partial charge in [-0.25, -0.2) is 8.78 Å². The minimum Gasteiger partial charge on any atom is -0.497 e. The minimum atomic E-state index is -0.307. The predicted octanol–water partition coefficient (Wildman–Crippen LogP) is 5.39. The second-order valence-corrected chi connectivity index (χ2v) is 7.10. The van der Waals surface area contributed by atoms with Gasteiger partial charge in [-0.1, -0.05) is 36.4 Å². The molecule has 2 atom stereocenters. The molecule has 4 rings (SSSR count). The summed E-state index contributed by atoms with van der Waals surface area (Å²) in [5.74, 6) is 1.06. The van der Waals surface area contributed by atoms with Gasteiger partial charge in [-0.3, -0.25) is 4.99 Å². The van der Waals surface area contributed by atoms with Gasteiger partial charge in [0.05, 0.1) is 19.0 Å². The van der Waals surface area contributed by atoms with Crippen LogP contribution in [0.25, 0.3) is 0 Å². The molecule has 0 amide bonds. The molecule has 0 spiro atoms. The molecule has 1 aliphatic heterocycles. The Balaban J connectivity index is 1.56. The number of halogens is 2. The van der Waals surface area contributed by atoms with Crippen molar-refractivity contribution in [3.63, 3.8) is 0 Å². The van der Waals surface area contributed by atoms with Gasteiger partial charge in [0.15, 0.2) is 0 Å². The number of nitrogens with zero attached hydrogens (tertiary/aromatic N) is 1. The molecule has 1 heterocycles. The van der Waals surface area contributed by atoms with Crippen LogP contribution < -0.4 is 10.1 Å². The lowest BCUT2D eigenvalue weighted by Crippen LogP contribution is -2.24. The van der Waals surface area contributed by atoms with E-state index in [1.165, 1.54) is 29.8 Å². The van der Waals surface area contributed by atoms with Gasteiger partial charge >= 0.3 is 0 Å². The topological polar surface area (TPSA) is 33.6 Å². The lowest BCUT2D eigenvalue weighted by molar-refractivity contribution is 0.414. The lowest BCUT2D eigenvalue weighted by Gasteiger charge is -2.20. The van der Waals surface area contributed by atoms with Crippen molar-refractivity contribution in [2.45, 2.75) is 24.9 Å². The summed E-state index contributed by atoms with van der Waals surface area (Å²) in [6.07, 6.45) is 1.52. The molecule has 3 aromatic rings. The molecule has 0 saturated carbocycles. The molecular formula is C24H22F2N2O. The van der Waals surface area contributed by atoms with Crippen LogP contribution in [0.2, 0.25) is 0 Å². The van der Waals surface area contributed by atoms with E-state index < -0.39 is 0 Å². The molecule has 29 heavy (non-hydrogen) atoms. The first kappa shape index (κ1) is 19.1. The third-order valence-corrected chi connectivity index (χ3v) is 5.14. The zero-order valence-corrected chi connectivity index (χ0v) is 16.1. The van der Waals surface area contributed by atoms with E-state index in [0.29, 0.717) is 6.42 Å². The number of methoxy groups -OCH3 is 1. The summed E-state index contributed by atoms with van der Waals surface area (Å²) >= 11 is 0. The Labute approximate surface area is 169 Å². The predicted molar refractivity (Wildman–Crippen MR) is 110 cm³/mol. The number of rotatable bonds is 6. The molecule has 3 nitrogen and oxygen atoms in total. The van der Waals surface area contributed by atoms with E-state index in [4.69, 9.17) is 9.73 Å². The monoisotopic (exact) mass is 392 g/mol. The van der Waals surface area contributed by atoms with Gasteiger partial charge in [0.25, 0.3) is 0 Å². The van der Waals surface area contributed by atoms with Crippen molar-refractivity contribution in [2.24, 2.45) is 4.99 Å². The number of amidine groups is 1. The van der Waals surface area contributed by atoms with Gasteiger partial charge in [0, 0.05) is 6.42 Å². The smallest absolute Gasteiger partial charge is 0.123 e. The summed E-state index contributed by atoms with van der Waals surface area (Å²) in [5.41, 5.74) is 2.74. The van der Waals surface area contributed by atoms with Crippen LogP contribution in [-0.2, 0) is 6.42 Å². The van der Waals surface area contributed by atoms with Gasteiger partial charge in [-0.15, -0.1) is 0 Å². The highest BCUT2D eigenvalue weighted by molar-refractivity contribution is 5.85. The van der Waals surface area contributed by atoms with E-state index in [1.807, 2.05) is 36.4 Å². The molecule has 3 aromatic carbocycles. The molecule has 0 aliphatic carbocycles. The molecule has 1 aliphatic rings. The van der Waals surface area contributed by atoms with Crippen LogP contribution in [0, 0.1) is 11.6 Å². The third-order valence-electron chi connectivity index (χ3n) is 5.14. The van der Waals surface area contributed by atoms with Crippen LogP contribution in [0.1, 0.15) is 35.2 Å². The second kappa shape index (κ2) is 8.43. The van der Waals surface area contributed by atoms with Crippen LogP contribution in [-0.4, -0.2) is 12.9 Å². The van der Waals surface area contributed by atoms with Gasteiger partial charge in [-0.05, 0) is 59.5 Å². The standard InChI is InChI=1S/C24H22F2N2O/c1-29-21-11-8-16(9-12-21)10-13-22-27-23(17-4-2-6-19(25)14-17)24(28-22)18-5-3-7-20(26)15-18/h2-9,11-12,14-15,23-24H,10,13H2,1H3,(H,27,28)/t23-,24+. The Bertz CT molecular complexity index is 1020.